The van der Waals surface area contributed by atoms with Crippen molar-refractivity contribution < 1.29 is 14.6 Å². The lowest BCUT2D eigenvalue weighted by molar-refractivity contribution is -0.150. The molecule has 0 aliphatic rings. The molecule has 13 heavy (non-hydrogen) atoms. The summed E-state index contributed by atoms with van der Waals surface area (Å²) in [6, 6.07) is 0. The minimum atomic E-state index is -1.35. The zero-order valence-corrected chi connectivity index (χ0v) is 7.39. The average molecular weight is 182 g/mol. The van der Waals surface area contributed by atoms with Crippen molar-refractivity contribution in [2.24, 2.45) is 0 Å². The maximum absolute atomic E-state index is 10.9. The van der Waals surface area contributed by atoms with Crippen LogP contribution in [0.15, 0.2) is 12.4 Å². The molecule has 5 nitrogen and oxygen atoms in total. The molecule has 0 aliphatic heterocycles. The summed E-state index contributed by atoms with van der Waals surface area (Å²) in [6.45, 7) is 1.77. The summed E-state index contributed by atoms with van der Waals surface area (Å²) in [5.74, 6) is -0.738. The summed E-state index contributed by atoms with van der Waals surface area (Å²) in [5, 5.41) is 9.30. The molecule has 0 fully saturated rings. The van der Waals surface area contributed by atoms with Gasteiger partial charge >= 0.3 is 5.97 Å². The number of hydrogen-bond donors (Lipinski definition) is 1. The maximum atomic E-state index is 10.9. The van der Waals surface area contributed by atoms with Crippen LogP contribution in [0.3, 0.4) is 0 Å². The molecule has 1 aromatic rings. The molecule has 1 unspecified atom stereocenters. The predicted octanol–water partition coefficient (Wildman–Crippen LogP) is -0.00858. The summed E-state index contributed by atoms with van der Waals surface area (Å²) < 4.78 is 4.34. The van der Waals surface area contributed by atoms with Gasteiger partial charge in [-0.1, -0.05) is 0 Å². The lowest BCUT2D eigenvalue weighted by Crippen LogP contribution is -2.15. The summed E-state index contributed by atoms with van der Waals surface area (Å²) in [4.78, 5) is 18.6. The standard InChI is InChI=1S/C8H10N2O3/c1-5-3-10-6(4-9-5)7(11)8(12)13-2/h3-4,7,11H,1-2H3. The van der Waals surface area contributed by atoms with E-state index in [1.807, 2.05) is 0 Å². The molecule has 0 spiro atoms. The Morgan fingerprint density at radius 1 is 1.54 bits per heavy atom. The van der Waals surface area contributed by atoms with Crippen molar-refractivity contribution in [3.8, 4) is 0 Å². The van der Waals surface area contributed by atoms with Crippen molar-refractivity contribution in [3.05, 3.63) is 23.8 Å². The molecule has 0 saturated carbocycles. The van der Waals surface area contributed by atoms with Crippen LogP contribution in [0, 0.1) is 6.92 Å². The number of carbonyl (C=O) groups is 1. The summed E-state index contributed by atoms with van der Waals surface area (Å²) in [6.07, 6.45) is 1.47. The Hall–Kier alpha value is -1.49. The smallest absolute Gasteiger partial charge is 0.341 e. The van der Waals surface area contributed by atoms with E-state index in [-0.39, 0.29) is 5.69 Å². The summed E-state index contributed by atoms with van der Waals surface area (Å²) in [5.41, 5.74) is 0.915. The quantitative estimate of drug-likeness (QED) is 0.651. The Kier molecular flexibility index (Phi) is 2.92. The Balaban J connectivity index is 2.83. The van der Waals surface area contributed by atoms with Crippen LogP contribution in [0.25, 0.3) is 0 Å². The van der Waals surface area contributed by atoms with Crippen molar-refractivity contribution in [1.82, 2.24) is 9.97 Å². The normalized spacial score (nSPS) is 12.2. The molecule has 0 saturated heterocycles. The number of ether oxygens (including phenoxy) is 1. The molecule has 1 atom stereocenters. The van der Waals surface area contributed by atoms with Crippen LogP contribution in [-0.2, 0) is 9.53 Å². The van der Waals surface area contributed by atoms with Crippen molar-refractivity contribution >= 4 is 5.97 Å². The van der Waals surface area contributed by atoms with E-state index in [2.05, 4.69) is 14.7 Å². The average Bonchev–Trinajstić information content (AvgIpc) is 2.17. The highest BCUT2D eigenvalue weighted by atomic mass is 16.5. The number of aromatic nitrogens is 2. The molecular weight excluding hydrogens is 172 g/mol. The van der Waals surface area contributed by atoms with E-state index in [9.17, 15) is 9.90 Å². The number of nitrogens with zero attached hydrogens (tertiary/aromatic N) is 2. The Labute approximate surface area is 75.4 Å². The highest BCUT2D eigenvalue weighted by Gasteiger charge is 2.19. The van der Waals surface area contributed by atoms with Gasteiger partial charge in [-0.3, -0.25) is 9.97 Å². The monoisotopic (exact) mass is 182 g/mol. The zero-order chi connectivity index (χ0) is 9.84. The Morgan fingerprint density at radius 3 is 2.69 bits per heavy atom. The molecule has 0 radical (unpaired) electrons. The largest absolute Gasteiger partial charge is 0.467 e. The van der Waals surface area contributed by atoms with Gasteiger partial charge in [0.15, 0.2) is 6.10 Å². The number of rotatable bonds is 2. The van der Waals surface area contributed by atoms with Gasteiger partial charge in [0.1, 0.15) is 0 Å². The Bertz CT molecular complexity index is 297. The predicted molar refractivity (Wildman–Crippen MR) is 43.7 cm³/mol. The van der Waals surface area contributed by atoms with Crippen LogP contribution in [-0.4, -0.2) is 28.2 Å². The Morgan fingerprint density at radius 2 is 2.23 bits per heavy atom. The first-order valence-electron chi connectivity index (χ1n) is 3.69. The second-order valence-corrected chi connectivity index (χ2v) is 2.51. The topological polar surface area (TPSA) is 72.3 Å². The molecule has 1 aromatic heterocycles. The molecule has 1 heterocycles. The highest BCUT2D eigenvalue weighted by molar-refractivity contribution is 5.75. The third kappa shape index (κ3) is 2.22. The highest BCUT2D eigenvalue weighted by Crippen LogP contribution is 2.09. The minimum absolute atomic E-state index is 0.192. The minimum Gasteiger partial charge on any atom is -0.467 e. The van der Waals surface area contributed by atoms with E-state index in [0.717, 1.165) is 5.69 Å². The second kappa shape index (κ2) is 3.95. The van der Waals surface area contributed by atoms with Gasteiger partial charge in [0.2, 0.25) is 0 Å². The number of aliphatic hydroxyl groups excluding tert-OH is 1. The summed E-state index contributed by atoms with van der Waals surface area (Å²) >= 11 is 0. The third-order valence-corrected chi connectivity index (χ3v) is 1.51. The van der Waals surface area contributed by atoms with Crippen LogP contribution in [0.2, 0.25) is 0 Å². The van der Waals surface area contributed by atoms with E-state index in [4.69, 9.17) is 0 Å². The molecular formula is C8H10N2O3. The fourth-order valence-electron chi connectivity index (χ4n) is 0.776. The van der Waals surface area contributed by atoms with Crippen molar-refractivity contribution in [1.29, 1.82) is 0 Å². The van der Waals surface area contributed by atoms with Gasteiger partial charge in [0.05, 0.1) is 24.7 Å². The zero-order valence-electron chi connectivity index (χ0n) is 7.39. The van der Waals surface area contributed by atoms with Crippen LogP contribution >= 0.6 is 0 Å². The van der Waals surface area contributed by atoms with Gasteiger partial charge in [0, 0.05) is 6.20 Å². The van der Waals surface area contributed by atoms with E-state index < -0.39 is 12.1 Å². The van der Waals surface area contributed by atoms with E-state index in [1.165, 1.54) is 19.5 Å². The SMILES string of the molecule is COC(=O)C(O)c1cnc(C)cn1. The summed E-state index contributed by atoms with van der Waals surface area (Å²) in [7, 11) is 1.20. The molecule has 0 aromatic carbocycles. The van der Waals surface area contributed by atoms with Crippen molar-refractivity contribution in [3.63, 3.8) is 0 Å². The first-order valence-corrected chi connectivity index (χ1v) is 3.69. The number of aryl methyl sites for hydroxylation is 1. The number of methoxy groups -OCH3 is 1. The van der Waals surface area contributed by atoms with E-state index in [1.54, 1.807) is 6.92 Å². The molecule has 5 heteroatoms. The maximum Gasteiger partial charge on any atom is 0.341 e. The van der Waals surface area contributed by atoms with Gasteiger partial charge in [-0.25, -0.2) is 4.79 Å². The lowest BCUT2D eigenvalue weighted by Gasteiger charge is -2.06. The molecule has 0 bridgehead atoms. The van der Waals surface area contributed by atoms with Crippen molar-refractivity contribution in [2.45, 2.75) is 13.0 Å². The van der Waals surface area contributed by atoms with Gasteiger partial charge in [-0.15, -0.1) is 0 Å². The van der Waals surface area contributed by atoms with E-state index >= 15 is 0 Å². The molecule has 1 N–H and O–H groups in total. The van der Waals surface area contributed by atoms with Crippen LogP contribution in [0.4, 0.5) is 0 Å². The van der Waals surface area contributed by atoms with Crippen LogP contribution in [0.5, 0.6) is 0 Å². The number of aliphatic hydroxyl groups is 1. The fourth-order valence-corrected chi connectivity index (χ4v) is 0.776. The van der Waals surface area contributed by atoms with Gasteiger partial charge in [0.25, 0.3) is 0 Å². The van der Waals surface area contributed by atoms with E-state index in [0.29, 0.717) is 0 Å². The van der Waals surface area contributed by atoms with Gasteiger partial charge in [-0.2, -0.15) is 0 Å². The van der Waals surface area contributed by atoms with Crippen LogP contribution in [0.1, 0.15) is 17.5 Å². The number of carbonyl (C=O) groups excluding carboxylic acids is 1. The molecule has 0 amide bonds. The van der Waals surface area contributed by atoms with Gasteiger partial charge < -0.3 is 9.84 Å². The molecule has 0 aliphatic carbocycles. The second-order valence-electron chi connectivity index (χ2n) is 2.51. The third-order valence-electron chi connectivity index (χ3n) is 1.51. The molecule has 70 valence electrons. The number of hydrogen-bond acceptors (Lipinski definition) is 5. The van der Waals surface area contributed by atoms with Gasteiger partial charge in [-0.05, 0) is 6.92 Å². The first-order chi connectivity index (χ1) is 6.15. The van der Waals surface area contributed by atoms with Crippen LogP contribution < -0.4 is 0 Å². The lowest BCUT2D eigenvalue weighted by atomic mass is 10.2. The fraction of sp³-hybridized carbons (Fsp3) is 0.375. The molecule has 1 rings (SSSR count). The first kappa shape index (κ1) is 9.60. The van der Waals surface area contributed by atoms with Crippen molar-refractivity contribution in [2.75, 3.05) is 7.11 Å². The number of esters is 1.